The van der Waals surface area contributed by atoms with Crippen molar-refractivity contribution in [2.24, 2.45) is 0 Å². The Balaban J connectivity index is 2.55. The minimum absolute atomic E-state index is 0.0697. The van der Waals surface area contributed by atoms with E-state index in [1.165, 1.54) is 6.07 Å². The first kappa shape index (κ1) is 13.4. The summed E-state index contributed by atoms with van der Waals surface area (Å²) in [4.78, 5) is 13.3. The zero-order chi connectivity index (χ0) is 12.8. The summed E-state index contributed by atoms with van der Waals surface area (Å²) in [7, 11) is 0. The SMILES string of the molecule is CCN(CC)C(=O)CNc1ccc(F)c(F)c1. The second-order valence-corrected chi connectivity index (χ2v) is 3.55. The number of amides is 1. The molecule has 0 bridgehead atoms. The molecule has 0 saturated heterocycles. The Hall–Kier alpha value is -1.65. The number of anilines is 1. The summed E-state index contributed by atoms with van der Waals surface area (Å²) in [6, 6.07) is 3.46. The highest BCUT2D eigenvalue weighted by Gasteiger charge is 2.09. The molecule has 0 aliphatic rings. The number of nitrogens with zero attached hydrogens (tertiary/aromatic N) is 1. The molecule has 1 N–H and O–H groups in total. The number of carbonyl (C=O) groups is 1. The van der Waals surface area contributed by atoms with Crippen molar-refractivity contribution in [2.75, 3.05) is 25.0 Å². The van der Waals surface area contributed by atoms with Gasteiger partial charge in [-0.3, -0.25) is 4.79 Å². The maximum Gasteiger partial charge on any atom is 0.241 e. The summed E-state index contributed by atoms with van der Waals surface area (Å²) in [5.74, 6) is -1.89. The van der Waals surface area contributed by atoms with Gasteiger partial charge in [0, 0.05) is 24.8 Å². The largest absolute Gasteiger partial charge is 0.376 e. The molecule has 3 nitrogen and oxygen atoms in total. The monoisotopic (exact) mass is 242 g/mol. The number of hydrogen-bond donors (Lipinski definition) is 1. The van der Waals surface area contributed by atoms with E-state index in [1.54, 1.807) is 4.90 Å². The Morgan fingerprint density at radius 3 is 2.41 bits per heavy atom. The topological polar surface area (TPSA) is 32.3 Å². The molecule has 5 heteroatoms. The molecule has 0 aromatic heterocycles. The number of benzene rings is 1. The fraction of sp³-hybridized carbons (Fsp3) is 0.417. The number of likely N-dealkylation sites (N-methyl/N-ethyl adjacent to an activating group) is 1. The summed E-state index contributed by atoms with van der Waals surface area (Å²) in [6.45, 7) is 5.12. The lowest BCUT2D eigenvalue weighted by molar-refractivity contribution is -0.128. The average molecular weight is 242 g/mol. The van der Waals surface area contributed by atoms with Gasteiger partial charge in [0.15, 0.2) is 11.6 Å². The van der Waals surface area contributed by atoms with Crippen LogP contribution in [0.3, 0.4) is 0 Å². The molecule has 0 unspecified atom stereocenters. The fourth-order valence-electron chi connectivity index (χ4n) is 1.47. The molecular weight excluding hydrogens is 226 g/mol. The van der Waals surface area contributed by atoms with Crippen LogP contribution in [0, 0.1) is 11.6 Å². The van der Waals surface area contributed by atoms with Gasteiger partial charge in [-0.2, -0.15) is 0 Å². The zero-order valence-electron chi connectivity index (χ0n) is 9.96. The number of nitrogens with one attached hydrogen (secondary N) is 1. The highest BCUT2D eigenvalue weighted by atomic mass is 19.2. The van der Waals surface area contributed by atoms with Gasteiger partial charge >= 0.3 is 0 Å². The number of hydrogen-bond acceptors (Lipinski definition) is 2. The van der Waals surface area contributed by atoms with E-state index in [2.05, 4.69) is 5.32 Å². The molecule has 1 rings (SSSR count). The van der Waals surface area contributed by atoms with Gasteiger partial charge in [-0.25, -0.2) is 8.78 Å². The van der Waals surface area contributed by atoms with Gasteiger partial charge in [0.25, 0.3) is 0 Å². The van der Waals surface area contributed by atoms with Crippen LogP contribution in [0.15, 0.2) is 18.2 Å². The molecule has 0 spiro atoms. The van der Waals surface area contributed by atoms with Gasteiger partial charge in [-0.1, -0.05) is 0 Å². The summed E-state index contributed by atoms with van der Waals surface area (Å²) >= 11 is 0. The van der Waals surface area contributed by atoms with Crippen LogP contribution in [-0.4, -0.2) is 30.4 Å². The third-order valence-corrected chi connectivity index (χ3v) is 2.48. The molecule has 0 aliphatic heterocycles. The second kappa shape index (κ2) is 6.18. The van der Waals surface area contributed by atoms with Crippen molar-refractivity contribution < 1.29 is 13.6 Å². The summed E-state index contributed by atoms with van der Waals surface area (Å²) in [6.07, 6.45) is 0. The first-order valence-corrected chi connectivity index (χ1v) is 5.55. The van der Waals surface area contributed by atoms with E-state index in [1.807, 2.05) is 13.8 Å². The predicted molar refractivity (Wildman–Crippen MR) is 62.8 cm³/mol. The normalized spacial score (nSPS) is 10.1. The molecule has 0 fully saturated rings. The van der Waals surface area contributed by atoms with E-state index >= 15 is 0 Å². The standard InChI is InChI=1S/C12H16F2N2O/c1-3-16(4-2)12(17)8-15-9-5-6-10(13)11(14)7-9/h5-7,15H,3-4,8H2,1-2H3. The van der Waals surface area contributed by atoms with Gasteiger partial charge in [-0.15, -0.1) is 0 Å². The highest BCUT2D eigenvalue weighted by Crippen LogP contribution is 2.12. The van der Waals surface area contributed by atoms with Gasteiger partial charge < -0.3 is 10.2 Å². The fourth-order valence-corrected chi connectivity index (χ4v) is 1.47. The van der Waals surface area contributed by atoms with Crippen LogP contribution >= 0.6 is 0 Å². The Kier molecular flexibility index (Phi) is 4.87. The lowest BCUT2D eigenvalue weighted by Crippen LogP contribution is -2.35. The van der Waals surface area contributed by atoms with Crippen LogP contribution in [0.5, 0.6) is 0 Å². The lowest BCUT2D eigenvalue weighted by atomic mass is 10.3. The minimum atomic E-state index is -0.926. The molecule has 94 valence electrons. The van der Waals surface area contributed by atoms with E-state index in [4.69, 9.17) is 0 Å². The Morgan fingerprint density at radius 1 is 1.24 bits per heavy atom. The lowest BCUT2D eigenvalue weighted by Gasteiger charge is -2.19. The van der Waals surface area contributed by atoms with Crippen molar-refractivity contribution in [2.45, 2.75) is 13.8 Å². The maximum absolute atomic E-state index is 12.9. The molecule has 0 atom stereocenters. The molecule has 1 amide bonds. The molecule has 17 heavy (non-hydrogen) atoms. The molecular formula is C12H16F2N2O. The van der Waals surface area contributed by atoms with Gasteiger partial charge in [-0.05, 0) is 26.0 Å². The number of carbonyl (C=O) groups excluding carboxylic acids is 1. The van der Waals surface area contributed by atoms with Crippen LogP contribution in [0.1, 0.15) is 13.8 Å². The number of halogens is 2. The van der Waals surface area contributed by atoms with Gasteiger partial charge in [0.05, 0.1) is 6.54 Å². The smallest absolute Gasteiger partial charge is 0.241 e. The zero-order valence-corrected chi connectivity index (χ0v) is 9.96. The van der Waals surface area contributed by atoms with Crippen molar-refractivity contribution >= 4 is 11.6 Å². The molecule has 1 aromatic rings. The van der Waals surface area contributed by atoms with Crippen molar-refractivity contribution in [1.82, 2.24) is 4.90 Å². The third kappa shape index (κ3) is 3.69. The van der Waals surface area contributed by atoms with E-state index in [0.29, 0.717) is 18.8 Å². The summed E-state index contributed by atoms with van der Waals surface area (Å²) < 4.78 is 25.5. The predicted octanol–water partition coefficient (Wildman–Crippen LogP) is 2.25. The van der Waals surface area contributed by atoms with Crippen LogP contribution < -0.4 is 5.32 Å². The highest BCUT2D eigenvalue weighted by molar-refractivity contribution is 5.80. The average Bonchev–Trinajstić information content (AvgIpc) is 2.32. The molecule has 0 radical (unpaired) electrons. The quantitative estimate of drug-likeness (QED) is 0.858. The van der Waals surface area contributed by atoms with E-state index < -0.39 is 11.6 Å². The van der Waals surface area contributed by atoms with Gasteiger partial charge in [0.1, 0.15) is 0 Å². The molecule has 0 aliphatic carbocycles. The minimum Gasteiger partial charge on any atom is -0.376 e. The summed E-state index contributed by atoms with van der Waals surface area (Å²) in [5, 5.41) is 2.76. The Bertz CT molecular complexity index is 392. The first-order valence-electron chi connectivity index (χ1n) is 5.55. The summed E-state index contributed by atoms with van der Waals surface area (Å²) in [5.41, 5.74) is 0.393. The Labute approximate surface area is 99.4 Å². The molecule has 1 aromatic carbocycles. The maximum atomic E-state index is 12.9. The third-order valence-electron chi connectivity index (χ3n) is 2.48. The molecule has 0 saturated carbocycles. The first-order chi connectivity index (χ1) is 8.08. The van der Waals surface area contributed by atoms with Crippen LogP contribution in [0.4, 0.5) is 14.5 Å². The van der Waals surface area contributed by atoms with Crippen molar-refractivity contribution in [1.29, 1.82) is 0 Å². The van der Waals surface area contributed by atoms with Crippen molar-refractivity contribution in [3.63, 3.8) is 0 Å². The van der Waals surface area contributed by atoms with Crippen LogP contribution in [0.25, 0.3) is 0 Å². The van der Waals surface area contributed by atoms with Crippen molar-refractivity contribution in [3.8, 4) is 0 Å². The Morgan fingerprint density at radius 2 is 1.88 bits per heavy atom. The van der Waals surface area contributed by atoms with E-state index in [-0.39, 0.29) is 12.5 Å². The second-order valence-electron chi connectivity index (χ2n) is 3.55. The van der Waals surface area contributed by atoms with E-state index in [9.17, 15) is 13.6 Å². The van der Waals surface area contributed by atoms with Crippen molar-refractivity contribution in [3.05, 3.63) is 29.8 Å². The van der Waals surface area contributed by atoms with Crippen LogP contribution in [-0.2, 0) is 4.79 Å². The van der Waals surface area contributed by atoms with E-state index in [0.717, 1.165) is 12.1 Å². The van der Waals surface area contributed by atoms with Crippen LogP contribution in [0.2, 0.25) is 0 Å². The van der Waals surface area contributed by atoms with Gasteiger partial charge in [0.2, 0.25) is 5.91 Å². The number of rotatable bonds is 5. The molecule has 0 heterocycles.